The van der Waals surface area contributed by atoms with Crippen molar-refractivity contribution in [2.75, 3.05) is 0 Å². The van der Waals surface area contributed by atoms with Crippen LogP contribution in [0, 0.1) is 34.5 Å². The smallest absolute Gasteiger partial charge is 0.203 e. The molecule has 3 nitrogen and oxygen atoms in total. The van der Waals surface area contributed by atoms with E-state index in [1.165, 1.54) is 39.5 Å². The Labute approximate surface area is 161 Å². The average Bonchev–Trinajstić information content (AvgIpc) is 2.93. The van der Waals surface area contributed by atoms with E-state index in [4.69, 9.17) is 5.41 Å². The number of halogens is 5. The van der Waals surface area contributed by atoms with Gasteiger partial charge in [0.25, 0.3) is 0 Å². The topological polar surface area (TPSA) is 33.7 Å². The second-order valence-corrected chi connectivity index (χ2v) is 6.63. The summed E-state index contributed by atoms with van der Waals surface area (Å²) in [6.07, 6.45) is 0. The summed E-state index contributed by atoms with van der Waals surface area (Å²) in [6, 6.07) is 10.7. The Hall–Kier alpha value is -3.42. The molecule has 1 N–H and O–H groups in total. The van der Waals surface area contributed by atoms with Crippen LogP contribution in [0.25, 0.3) is 11.0 Å². The Bertz CT molecular complexity index is 1290. The normalized spacial score (nSPS) is 11.3. The van der Waals surface area contributed by atoms with E-state index in [1.54, 1.807) is 0 Å². The first-order valence-corrected chi connectivity index (χ1v) is 8.64. The minimum absolute atomic E-state index is 0.000760. The Morgan fingerprint density at radius 1 is 0.586 bits per heavy atom. The molecule has 0 saturated heterocycles. The third kappa shape index (κ3) is 3.53. The molecule has 0 saturated carbocycles. The molecule has 8 heteroatoms. The predicted octanol–water partition coefficient (Wildman–Crippen LogP) is 4.71. The van der Waals surface area contributed by atoms with E-state index in [0.29, 0.717) is 22.2 Å². The van der Waals surface area contributed by atoms with Crippen molar-refractivity contribution in [1.82, 2.24) is 9.13 Å². The van der Waals surface area contributed by atoms with Crippen molar-refractivity contribution in [3.05, 3.63) is 100 Å². The third-order valence-electron chi connectivity index (χ3n) is 4.68. The van der Waals surface area contributed by atoms with Gasteiger partial charge in [-0.2, -0.15) is 0 Å². The van der Waals surface area contributed by atoms with Crippen molar-refractivity contribution in [3.63, 3.8) is 0 Å². The van der Waals surface area contributed by atoms with E-state index in [9.17, 15) is 22.0 Å². The predicted molar refractivity (Wildman–Crippen MR) is 96.7 cm³/mol. The molecule has 0 atom stereocenters. The lowest BCUT2D eigenvalue weighted by Crippen LogP contribution is -2.25. The molecule has 0 unspecified atom stereocenters. The van der Waals surface area contributed by atoms with E-state index < -0.39 is 29.1 Å². The number of fused-ring (bicyclic) bond motifs is 1. The van der Waals surface area contributed by atoms with Gasteiger partial charge >= 0.3 is 0 Å². The first-order valence-electron chi connectivity index (χ1n) is 8.64. The molecule has 0 aliphatic carbocycles. The summed E-state index contributed by atoms with van der Waals surface area (Å²) < 4.78 is 70.3. The summed E-state index contributed by atoms with van der Waals surface area (Å²) in [6.45, 7) is 0.0453. The maximum atomic E-state index is 13.9. The van der Waals surface area contributed by atoms with Gasteiger partial charge < -0.3 is 9.13 Å². The van der Waals surface area contributed by atoms with Gasteiger partial charge in [-0.25, -0.2) is 22.0 Å². The highest BCUT2D eigenvalue weighted by atomic mass is 19.2. The fourth-order valence-corrected chi connectivity index (χ4v) is 3.28. The molecule has 1 heterocycles. The molecule has 0 amide bonds. The van der Waals surface area contributed by atoms with Crippen LogP contribution < -0.4 is 5.62 Å². The van der Waals surface area contributed by atoms with Crippen LogP contribution in [0.4, 0.5) is 22.0 Å². The average molecular weight is 403 g/mol. The zero-order chi connectivity index (χ0) is 20.7. The van der Waals surface area contributed by atoms with Gasteiger partial charge in [0.05, 0.1) is 24.1 Å². The summed E-state index contributed by atoms with van der Waals surface area (Å²) in [5, 5.41) is 8.50. The fourth-order valence-electron chi connectivity index (χ4n) is 3.28. The van der Waals surface area contributed by atoms with Gasteiger partial charge in [-0.3, -0.25) is 5.41 Å². The van der Waals surface area contributed by atoms with Gasteiger partial charge in [-0.15, -0.1) is 0 Å². The van der Waals surface area contributed by atoms with Crippen LogP contribution in [0.3, 0.4) is 0 Å². The zero-order valence-electron chi connectivity index (χ0n) is 14.9. The van der Waals surface area contributed by atoms with Crippen molar-refractivity contribution in [3.8, 4) is 0 Å². The summed E-state index contributed by atoms with van der Waals surface area (Å²) in [5.41, 5.74) is 1.60. The molecule has 0 aliphatic rings. The highest BCUT2D eigenvalue weighted by molar-refractivity contribution is 5.76. The quantitative estimate of drug-likeness (QED) is 0.479. The molecule has 29 heavy (non-hydrogen) atoms. The van der Waals surface area contributed by atoms with Crippen molar-refractivity contribution in [2.24, 2.45) is 0 Å². The van der Waals surface area contributed by atoms with Crippen molar-refractivity contribution < 1.29 is 22.0 Å². The third-order valence-corrected chi connectivity index (χ3v) is 4.68. The van der Waals surface area contributed by atoms with Gasteiger partial charge in [-0.1, -0.05) is 12.1 Å². The van der Waals surface area contributed by atoms with Gasteiger partial charge in [0, 0.05) is 0 Å². The van der Waals surface area contributed by atoms with Crippen LogP contribution in [-0.4, -0.2) is 9.13 Å². The van der Waals surface area contributed by atoms with E-state index in [1.807, 2.05) is 0 Å². The summed E-state index contributed by atoms with van der Waals surface area (Å²) in [5.74, 6) is -4.52. The fraction of sp³-hybridized carbons (Fsp3) is 0.0952. The van der Waals surface area contributed by atoms with Crippen LogP contribution in [0.1, 0.15) is 11.1 Å². The van der Waals surface area contributed by atoms with Gasteiger partial charge in [0.15, 0.2) is 23.3 Å². The minimum atomic E-state index is -1.02. The highest BCUT2D eigenvalue weighted by Crippen LogP contribution is 2.19. The summed E-state index contributed by atoms with van der Waals surface area (Å²) in [7, 11) is 0. The van der Waals surface area contributed by atoms with Crippen LogP contribution in [0.15, 0.2) is 54.6 Å². The van der Waals surface area contributed by atoms with E-state index >= 15 is 0 Å². The number of aromatic nitrogens is 2. The standard InChI is InChI=1S/C21H14F5N3/c22-14-3-6-19-20(9-14)29(11-13-2-5-16(24)18(26)8-13)21(27)28(19)10-12-1-4-15(23)17(25)7-12/h1-9,27H,10-11H2. The molecule has 148 valence electrons. The highest BCUT2D eigenvalue weighted by Gasteiger charge is 2.14. The van der Waals surface area contributed by atoms with Crippen molar-refractivity contribution >= 4 is 11.0 Å². The largest absolute Gasteiger partial charge is 0.306 e. The molecule has 4 rings (SSSR count). The Kier molecular flexibility index (Phi) is 4.70. The first-order chi connectivity index (χ1) is 13.8. The first kappa shape index (κ1) is 18.9. The van der Waals surface area contributed by atoms with Gasteiger partial charge in [0.2, 0.25) is 5.62 Å². The summed E-state index contributed by atoms with van der Waals surface area (Å²) >= 11 is 0. The van der Waals surface area contributed by atoms with Crippen molar-refractivity contribution in [1.29, 1.82) is 5.41 Å². The van der Waals surface area contributed by atoms with E-state index in [0.717, 1.165) is 24.3 Å². The van der Waals surface area contributed by atoms with Crippen LogP contribution in [0.5, 0.6) is 0 Å². The SMILES string of the molecule is N=c1n(Cc2ccc(F)c(F)c2)c2ccc(F)cc2n1Cc1ccc(F)c(F)c1. The lowest BCUT2D eigenvalue weighted by molar-refractivity contribution is 0.505. The Morgan fingerprint density at radius 2 is 1.10 bits per heavy atom. The Balaban J connectivity index is 1.83. The minimum Gasteiger partial charge on any atom is -0.306 e. The number of rotatable bonds is 4. The monoisotopic (exact) mass is 403 g/mol. The molecule has 1 aromatic heterocycles. The number of imidazole rings is 1. The molecule has 0 fully saturated rings. The van der Waals surface area contributed by atoms with Gasteiger partial charge in [0.1, 0.15) is 5.82 Å². The van der Waals surface area contributed by atoms with Crippen molar-refractivity contribution in [2.45, 2.75) is 13.1 Å². The number of benzene rings is 3. The summed E-state index contributed by atoms with van der Waals surface area (Å²) in [4.78, 5) is 0. The van der Waals surface area contributed by atoms with Crippen LogP contribution in [-0.2, 0) is 13.1 Å². The molecular weight excluding hydrogens is 389 g/mol. The van der Waals surface area contributed by atoms with Gasteiger partial charge in [-0.05, 0) is 53.6 Å². The second kappa shape index (κ2) is 7.20. The van der Waals surface area contributed by atoms with Crippen LogP contribution in [0.2, 0.25) is 0 Å². The van der Waals surface area contributed by atoms with E-state index in [-0.39, 0.29) is 18.7 Å². The van der Waals surface area contributed by atoms with E-state index in [2.05, 4.69) is 0 Å². The molecule has 0 bridgehead atoms. The lowest BCUT2D eigenvalue weighted by Gasteiger charge is -2.07. The molecular formula is C21H14F5N3. The molecule has 0 aliphatic heterocycles. The lowest BCUT2D eigenvalue weighted by atomic mass is 10.2. The van der Waals surface area contributed by atoms with Crippen LogP contribution >= 0.6 is 0 Å². The number of nitrogens with zero attached hydrogens (tertiary/aromatic N) is 2. The molecule has 0 spiro atoms. The molecule has 3 aromatic carbocycles. The maximum absolute atomic E-state index is 13.9. The number of nitrogens with one attached hydrogen (secondary N) is 1. The number of hydrogen-bond acceptors (Lipinski definition) is 1. The number of hydrogen-bond donors (Lipinski definition) is 1. The Morgan fingerprint density at radius 3 is 1.62 bits per heavy atom. The molecule has 0 radical (unpaired) electrons. The molecule has 4 aromatic rings. The second-order valence-electron chi connectivity index (χ2n) is 6.63. The maximum Gasteiger partial charge on any atom is 0.203 e. The zero-order valence-corrected chi connectivity index (χ0v) is 14.9.